The second-order valence-corrected chi connectivity index (χ2v) is 11.6. The van der Waals surface area contributed by atoms with Crippen LogP contribution in [0.15, 0.2) is 77.7 Å². The molecule has 9 nitrogen and oxygen atoms in total. The number of nitrogens with zero attached hydrogens (tertiary/aromatic N) is 3. The van der Waals surface area contributed by atoms with Crippen molar-refractivity contribution in [3.8, 4) is 5.75 Å². The molecule has 1 heterocycles. The van der Waals surface area contributed by atoms with Crippen molar-refractivity contribution < 1.29 is 23.1 Å². The van der Waals surface area contributed by atoms with E-state index in [-0.39, 0.29) is 17.9 Å². The Labute approximate surface area is 230 Å². The highest BCUT2D eigenvalue weighted by Gasteiger charge is 2.29. The summed E-state index contributed by atoms with van der Waals surface area (Å²) in [7, 11) is -2.29. The molecule has 1 aliphatic rings. The largest absolute Gasteiger partial charge is 0.495 e. The van der Waals surface area contributed by atoms with E-state index in [0.29, 0.717) is 17.8 Å². The Kier molecular flexibility index (Phi) is 9.11. The zero-order valence-electron chi connectivity index (χ0n) is 22.4. The molecule has 0 saturated carbocycles. The van der Waals surface area contributed by atoms with Crippen LogP contribution in [0.5, 0.6) is 5.75 Å². The van der Waals surface area contributed by atoms with Gasteiger partial charge in [0.15, 0.2) is 0 Å². The van der Waals surface area contributed by atoms with Gasteiger partial charge in [0.05, 0.1) is 42.4 Å². The summed E-state index contributed by atoms with van der Waals surface area (Å²) in [6.45, 7) is 5.09. The first kappa shape index (κ1) is 28.4. The Morgan fingerprint density at radius 2 is 1.64 bits per heavy atom. The van der Waals surface area contributed by atoms with Crippen molar-refractivity contribution >= 4 is 27.3 Å². The summed E-state index contributed by atoms with van der Waals surface area (Å²) in [5, 5.41) is 11.1. The highest BCUT2D eigenvalue weighted by Crippen LogP contribution is 2.29. The number of anilines is 2. The van der Waals surface area contributed by atoms with Crippen LogP contribution in [-0.4, -0.2) is 76.8 Å². The Bertz CT molecular complexity index is 1360. The van der Waals surface area contributed by atoms with Gasteiger partial charge < -0.3 is 20.5 Å². The summed E-state index contributed by atoms with van der Waals surface area (Å²) < 4.78 is 34.1. The van der Waals surface area contributed by atoms with Crippen molar-refractivity contribution in [2.24, 2.45) is 5.73 Å². The molecule has 0 aromatic heterocycles. The molecule has 39 heavy (non-hydrogen) atoms. The number of ether oxygens (including phenoxy) is 1. The molecule has 1 atom stereocenters. The van der Waals surface area contributed by atoms with Crippen LogP contribution < -0.4 is 19.7 Å². The average Bonchev–Trinajstić information content (AvgIpc) is 2.92. The molecule has 1 amide bonds. The first-order chi connectivity index (χ1) is 18.7. The van der Waals surface area contributed by atoms with Gasteiger partial charge in [0.2, 0.25) is 5.91 Å². The van der Waals surface area contributed by atoms with Crippen LogP contribution in [0.25, 0.3) is 0 Å². The Morgan fingerprint density at radius 3 is 2.26 bits per heavy atom. The van der Waals surface area contributed by atoms with Crippen LogP contribution in [0.3, 0.4) is 0 Å². The number of sulfonamides is 1. The molecule has 4 rings (SSSR count). The Hall–Kier alpha value is -3.60. The SMILES string of the molecule is COc1ccccc1N1CCN(CC(O)CN(c2ccc(CC(N)=O)cc2)S(=O)(=O)c2ccc(C)cc2)CC1. The third-order valence-corrected chi connectivity index (χ3v) is 8.66. The number of β-amino-alcohol motifs (C(OH)–C–C–N with tert-alkyl or cyclic N) is 1. The number of rotatable bonds is 11. The summed E-state index contributed by atoms with van der Waals surface area (Å²) in [6, 6.07) is 21.2. The molecule has 0 aliphatic carbocycles. The molecule has 3 aromatic rings. The summed E-state index contributed by atoms with van der Waals surface area (Å²) in [6.07, 6.45) is -0.859. The van der Waals surface area contributed by atoms with Crippen molar-refractivity contribution in [2.45, 2.75) is 24.3 Å². The maximum Gasteiger partial charge on any atom is 0.264 e. The number of carbonyl (C=O) groups excluding carboxylic acids is 1. The summed E-state index contributed by atoms with van der Waals surface area (Å²) in [5.74, 6) is 0.359. The molecule has 1 unspecified atom stereocenters. The number of para-hydroxylation sites is 2. The third kappa shape index (κ3) is 7.08. The zero-order chi connectivity index (χ0) is 28.0. The van der Waals surface area contributed by atoms with Gasteiger partial charge >= 0.3 is 0 Å². The number of aryl methyl sites for hydroxylation is 1. The number of hydrogen-bond donors (Lipinski definition) is 2. The molecular weight excluding hydrogens is 516 g/mol. The topological polar surface area (TPSA) is 116 Å². The first-order valence-corrected chi connectivity index (χ1v) is 14.4. The average molecular weight is 553 g/mol. The van der Waals surface area contributed by atoms with E-state index in [9.17, 15) is 18.3 Å². The predicted molar refractivity (Wildman–Crippen MR) is 153 cm³/mol. The maximum absolute atomic E-state index is 13.7. The standard InChI is InChI=1S/C29H36N4O5S/c1-22-7-13-26(14-8-22)39(36,37)33(24-11-9-23(10-12-24)19-29(30)35)21-25(34)20-31-15-17-32(18-16-31)27-5-3-4-6-28(27)38-2/h3-14,25,34H,15-21H2,1-2H3,(H2,30,35). The number of primary amides is 1. The lowest BCUT2D eigenvalue weighted by molar-refractivity contribution is -0.117. The fourth-order valence-electron chi connectivity index (χ4n) is 4.77. The predicted octanol–water partition coefficient (Wildman–Crippen LogP) is 2.41. The van der Waals surface area contributed by atoms with E-state index < -0.39 is 22.0 Å². The van der Waals surface area contributed by atoms with Gasteiger partial charge in [0.25, 0.3) is 10.0 Å². The van der Waals surface area contributed by atoms with Crippen LogP contribution in [0.1, 0.15) is 11.1 Å². The molecule has 3 N–H and O–H groups in total. The van der Waals surface area contributed by atoms with Crippen LogP contribution in [-0.2, 0) is 21.2 Å². The van der Waals surface area contributed by atoms with Gasteiger partial charge in [-0.3, -0.25) is 14.0 Å². The lowest BCUT2D eigenvalue weighted by Gasteiger charge is -2.38. The Balaban J connectivity index is 1.48. The fraction of sp³-hybridized carbons (Fsp3) is 0.345. The number of carbonyl (C=O) groups is 1. The smallest absolute Gasteiger partial charge is 0.264 e. The lowest BCUT2D eigenvalue weighted by Crippen LogP contribution is -2.50. The number of benzene rings is 3. The van der Waals surface area contributed by atoms with Crippen LogP contribution in [0.4, 0.5) is 11.4 Å². The number of aliphatic hydroxyl groups is 1. The normalized spacial score (nSPS) is 15.1. The van der Waals surface area contributed by atoms with Crippen molar-refractivity contribution in [3.63, 3.8) is 0 Å². The maximum atomic E-state index is 13.7. The van der Waals surface area contributed by atoms with Gasteiger partial charge in [0.1, 0.15) is 5.75 Å². The minimum atomic E-state index is -3.95. The molecule has 0 bridgehead atoms. The molecule has 3 aromatic carbocycles. The van der Waals surface area contributed by atoms with E-state index in [0.717, 1.165) is 43.2 Å². The van der Waals surface area contributed by atoms with Crippen molar-refractivity contribution in [3.05, 3.63) is 83.9 Å². The molecule has 1 fully saturated rings. The summed E-state index contributed by atoms with van der Waals surface area (Å²) in [4.78, 5) is 15.8. The molecule has 1 aliphatic heterocycles. The van der Waals surface area contributed by atoms with E-state index in [1.165, 1.54) is 4.31 Å². The lowest BCUT2D eigenvalue weighted by atomic mass is 10.1. The highest BCUT2D eigenvalue weighted by molar-refractivity contribution is 7.92. The molecule has 208 valence electrons. The quantitative estimate of drug-likeness (QED) is 0.375. The van der Waals surface area contributed by atoms with Gasteiger partial charge in [0, 0.05) is 32.7 Å². The summed E-state index contributed by atoms with van der Waals surface area (Å²) >= 11 is 0. The van der Waals surface area contributed by atoms with E-state index in [2.05, 4.69) is 9.80 Å². The summed E-state index contributed by atoms with van der Waals surface area (Å²) in [5.41, 5.74) is 8.38. The molecular formula is C29H36N4O5S. The number of methoxy groups -OCH3 is 1. The second kappa shape index (κ2) is 12.5. The minimum Gasteiger partial charge on any atom is -0.495 e. The van der Waals surface area contributed by atoms with E-state index >= 15 is 0 Å². The number of hydrogen-bond acceptors (Lipinski definition) is 7. The fourth-order valence-corrected chi connectivity index (χ4v) is 6.27. The second-order valence-electron chi connectivity index (χ2n) is 9.77. The van der Waals surface area contributed by atoms with Crippen LogP contribution in [0, 0.1) is 6.92 Å². The molecule has 0 radical (unpaired) electrons. The first-order valence-electron chi connectivity index (χ1n) is 12.9. The van der Waals surface area contributed by atoms with Crippen molar-refractivity contribution in [1.29, 1.82) is 0 Å². The molecule has 0 spiro atoms. The number of nitrogens with two attached hydrogens (primary N) is 1. The molecule has 10 heteroatoms. The van der Waals surface area contributed by atoms with Gasteiger partial charge in [-0.15, -0.1) is 0 Å². The number of amides is 1. The molecule has 1 saturated heterocycles. The zero-order valence-corrected chi connectivity index (χ0v) is 23.2. The van der Waals surface area contributed by atoms with Crippen molar-refractivity contribution in [2.75, 3.05) is 55.6 Å². The number of piperazine rings is 1. The third-order valence-electron chi connectivity index (χ3n) is 6.86. The highest BCUT2D eigenvalue weighted by atomic mass is 32.2. The van der Waals surface area contributed by atoms with E-state index in [1.807, 2.05) is 31.2 Å². The number of aliphatic hydroxyl groups excluding tert-OH is 1. The van der Waals surface area contributed by atoms with Crippen LogP contribution >= 0.6 is 0 Å². The van der Waals surface area contributed by atoms with Gasteiger partial charge in [-0.2, -0.15) is 0 Å². The van der Waals surface area contributed by atoms with E-state index in [1.54, 1.807) is 55.6 Å². The van der Waals surface area contributed by atoms with Gasteiger partial charge in [-0.05, 0) is 48.9 Å². The monoisotopic (exact) mass is 552 g/mol. The minimum absolute atomic E-state index is 0.0639. The Morgan fingerprint density at radius 1 is 1.00 bits per heavy atom. The van der Waals surface area contributed by atoms with Gasteiger partial charge in [-0.1, -0.05) is 42.0 Å². The van der Waals surface area contributed by atoms with E-state index in [4.69, 9.17) is 10.5 Å². The van der Waals surface area contributed by atoms with Crippen LogP contribution in [0.2, 0.25) is 0 Å². The van der Waals surface area contributed by atoms with Gasteiger partial charge in [-0.25, -0.2) is 8.42 Å². The van der Waals surface area contributed by atoms with Crippen molar-refractivity contribution in [1.82, 2.24) is 4.90 Å².